The highest BCUT2D eigenvalue weighted by Crippen LogP contribution is 2.15. The molecule has 5 heteroatoms. The molecule has 0 bridgehead atoms. The summed E-state index contributed by atoms with van der Waals surface area (Å²) >= 11 is 0. The summed E-state index contributed by atoms with van der Waals surface area (Å²) < 4.78 is 0. The van der Waals surface area contributed by atoms with E-state index in [4.69, 9.17) is 5.73 Å². The van der Waals surface area contributed by atoms with E-state index in [2.05, 4.69) is 15.3 Å². The predicted molar refractivity (Wildman–Crippen MR) is 54.5 cm³/mol. The molecule has 0 unspecified atom stereocenters. The van der Waals surface area contributed by atoms with Crippen molar-refractivity contribution in [3.63, 3.8) is 0 Å². The molecule has 0 aliphatic rings. The number of amides is 1. The van der Waals surface area contributed by atoms with Gasteiger partial charge in [-0.3, -0.25) is 9.78 Å². The lowest BCUT2D eigenvalue weighted by Gasteiger charge is -2.16. The fraction of sp³-hybridized carbons (Fsp3) is 0.444. The van der Waals surface area contributed by atoms with Gasteiger partial charge >= 0.3 is 0 Å². The molecule has 76 valence electrons. The van der Waals surface area contributed by atoms with Gasteiger partial charge < -0.3 is 11.1 Å². The Labute approximate surface area is 82.7 Å². The summed E-state index contributed by atoms with van der Waals surface area (Å²) in [4.78, 5) is 19.3. The van der Waals surface area contributed by atoms with E-state index in [1.807, 2.05) is 20.8 Å². The van der Waals surface area contributed by atoms with Crippen LogP contribution in [0.2, 0.25) is 0 Å². The maximum Gasteiger partial charge on any atom is 0.230 e. The van der Waals surface area contributed by atoms with E-state index >= 15 is 0 Å². The molecule has 0 saturated carbocycles. The number of nitrogens with two attached hydrogens (primary N) is 1. The third-order valence-electron chi connectivity index (χ3n) is 1.58. The molecule has 5 nitrogen and oxygen atoms in total. The first-order valence-electron chi connectivity index (χ1n) is 4.28. The van der Waals surface area contributed by atoms with Gasteiger partial charge in [0.25, 0.3) is 0 Å². The number of nitrogen functional groups attached to an aromatic ring is 1. The second-order valence-corrected chi connectivity index (χ2v) is 4.03. The normalized spacial score (nSPS) is 11.1. The van der Waals surface area contributed by atoms with Crippen molar-refractivity contribution in [2.75, 3.05) is 11.1 Å². The Kier molecular flexibility index (Phi) is 2.69. The molecule has 14 heavy (non-hydrogen) atoms. The molecule has 1 amide bonds. The highest BCUT2D eigenvalue weighted by atomic mass is 16.2. The predicted octanol–water partition coefficient (Wildman–Crippen LogP) is 1.04. The number of carbonyl (C=O) groups is 1. The van der Waals surface area contributed by atoms with Crippen molar-refractivity contribution in [2.24, 2.45) is 5.41 Å². The molecule has 0 saturated heterocycles. The second-order valence-electron chi connectivity index (χ2n) is 4.03. The minimum atomic E-state index is -0.452. The van der Waals surface area contributed by atoms with Crippen LogP contribution < -0.4 is 11.1 Å². The molecular weight excluding hydrogens is 180 g/mol. The molecule has 1 rings (SSSR count). The van der Waals surface area contributed by atoms with Gasteiger partial charge in [0.05, 0.1) is 12.4 Å². The van der Waals surface area contributed by atoms with Crippen LogP contribution in [-0.4, -0.2) is 15.9 Å². The Morgan fingerprint density at radius 3 is 2.57 bits per heavy atom. The Morgan fingerprint density at radius 1 is 1.43 bits per heavy atom. The number of hydrogen-bond acceptors (Lipinski definition) is 4. The molecule has 0 spiro atoms. The van der Waals surface area contributed by atoms with Crippen LogP contribution in [0, 0.1) is 5.41 Å². The van der Waals surface area contributed by atoms with Gasteiger partial charge in [-0.15, -0.1) is 0 Å². The number of anilines is 2. The average Bonchev–Trinajstić information content (AvgIpc) is 2.02. The van der Waals surface area contributed by atoms with Crippen molar-refractivity contribution in [1.29, 1.82) is 0 Å². The lowest BCUT2D eigenvalue weighted by molar-refractivity contribution is -0.123. The lowest BCUT2D eigenvalue weighted by atomic mass is 9.96. The SMILES string of the molecule is CC(C)(C)C(=O)Nc1cncc(N)n1. The minimum Gasteiger partial charge on any atom is -0.382 e. The second kappa shape index (κ2) is 3.61. The van der Waals surface area contributed by atoms with Gasteiger partial charge in [0, 0.05) is 5.41 Å². The van der Waals surface area contributed by atoms with Gasteiger partial charge in [-0.1, -0.05) is 20.8 Å². The Balaban J connectivity index is 2.75. The smallest absolute Gasteiger partial charge is 0.230 e. The zero-order chi connectivity index (χ0) is 10.8. The largest absolute Gasteiger partial charge is 0.382 e. The van der Waals surface area contributed by atoms with Gasteiger partial charge in [-0.2, -0.15) is 0 Å². The summed E-state index contributed by atoms with van der Waals surface area (Å²) in [7, 11) is 0. The molecule has 0 aliphatic carbocycles. The first-order chi connectivity index (χ1) is 6.39. The maximum absolute atomic E-state index is 11.5. The van der Waals surface area contributed by atoms with Crippen molar-refractivity contribution in [1.82, 2.24) is 9.97 Å². The van der Waals surface area contributed by atoms with E-state index in [9.17, 15) is 4.79 Å². The van der Waals surface area contributed by atoms with Crippen molar-refractivity contribution in [3.05, 3.63) is 12.4 Å². The summed E-state index contributed by atoms with van der Waals surface area (Å²) in [5.41, 5.74) is 4.97. The summed E-state index contributed by atoms with van der Waals surface area (Å²) in [5, 5.41) is 2.63. The maximum atomic E-state index is 11.5. The van der Waals surface area contributed by atoms with Gasteiger partial charge in [-0.05, 0) is 0 Å². The van der Waals surface area contributed by atoms with Gasteiger partial charge in [-0.25, -0.2) is 4.98 Å². The minimum absolute atomic E-state index is 0.114. The monoisotopic (exact) mass is 194 g/mol. The molecule has 0 aliphatic heterocycles. The van der Waals surface area contributed by atoms with Crippen LogP contribution in [0.15, 0.2) is 12.4 Å². The molecule has 0 aromatic carbocycles. The molecule has 1 aromatic rings. The number of aromatic nitrogens is 2. The highest BCUT2D eigenvalue weighted by Gasteiger charge is 2.21. The summed E-state index contributed by atoms with van der Waals surface area (Å²) in [5.74, 6) is 0.555. The number of nitrogens with one attached hydrogen (secondary N) is 1. The van der Waals surface area contributed by atoms with Gasteiger partial charge in [0.15, 0.2) is 5.82 Å². The molecule has 0 radical (unpaired) electrons. The Morgan fingerprint density at radius 2 is 2.07 bits per heavy atom. The van der Waals surface area contributed by atoms with Crippen molar-refractivity contribution in [2.45, 2.75) is 20.8 Å². The topological polar surface area (TPSA) is 80.9 Å². The summed E-state index contributed by atoms with van der Waals surface area (Å²) in [6, 6.07) is 0. The van der Waals surface area contributed by atoms with E-state index in [1.54, 1.807) is 0 Å². The summed E-state index contributed by atoms with van der Waals surface area (Å²) in [6.45, 7) is 5.46. The van der Waals surface area contributed by atoms with Crippen LogP contribution in [0.1, 0.15) is 20.8 Å². The molecule has 0 fully saturated rings. The third-order valence-corrected chi connectivity index (χ3v) is 1.58. The Hall–Kier alpha value is -1.65. The Bertz CT molecular complexity index is 343. The number of carbonyl (C=O) groups excluding carboxylic acids is 1. The van der Waals surface area contributed by atoms with E-state index in [1.165, 1.54) is 12.4 Å². The highest BCUT2D eigenvalue weighted by molar-refractivity contribution is 5.93. The lowest BCUT2D eigenvalue weighted by Crippen LogP contribution is -2.28. The first kappa shape index (κ1) is 10.4. The fourth-order valence-electron chi connectivity index (χ4n) is 0.745. The zero-order valence-electron chi connectivity index (χ0n) is 8.53. The average molecular weight is 194 g/mol. The molecule has 1 aromatic heterocycles. The van der Waals surface area contributed by atoms with Gasteiger partial charge in [0.1, 0.15) is 5.82 Å². The van der Waals surface area contributed by atoms with Crippen LogP contribution in [-0.2, 0) is 4.79 Å². The van der Waals surface area contributed by atoms with Crippen LogP contribution in [0.4, 0.5) is 11.6 Å². The quantitative estimate of drug-likeness (QED) is 0.700. The van der Waals surface area contributed by atoms with E-state index in [-0.39, 0.29) is 11.7 Å². The molecule has 1 heterocycles. The number of hydrogen-bond donors (Lipinski definition) is 2. The number of nitrogens with zero attached hydrogens (tertiary/aromatic N) is 2. The van der Waals surface area contributed by atoms with Crippen LogP contribution in [0.3, 0.4) is 0 Å². The fourth-order valence-corrected chi connectivity index (χ4v) is 0.745. The number of rotatable bonds is 1. The van der Waals surface area contributed by atoms with Crippen molar-refractivity contribution in [3.8, 4) is 0 Å². The third kappa shape index (κ3) is 2.69. The standard InChI is InChI=1S/C9H14N4O/c1-9(2,3)8(14)13-7-5-11-4-6(10)12-7/h4-5H,1-3H3,(H3,10,12,13,14). The van der Waals surface area contributed by atoms with Crippen LogP contribution in [0.25, 0.3) is 0 Å². The van der Waals surface area contributed by atoms with E-state index < -0.39 is 5.41 Å². The molecule has 3 N–H and O–H groups in total. The van der Waals surface area contributed by atoms with Crippen molar-refractivity contribution >= 4 is 17.5 Å². The van der Waals surface area contributed by atoms with E-state index in [0.29, 0.717) is 5.82 Å². The zero-order valence-corrected chi connectivity index (χ0v) is 8.53. The molecule has 0 atom stereocenters. The van der Waals surface area contributed by atoms with Gasteiger partial charge in [0.2, 0.25) is 5.91 Å². The molecular formula is C9H14N4O. The van der Waals surface area contributed by atoms with Crippen LogP contribution in [0.5, 0.6) is 0 Å². The van der Waals surface area contributed by atoms with Crippen molar-refractivity contribution < 1.29 is 4.79 Å². The van der Waals surface area contributed by atoms with Crippen LogP contribution >= 0.6 is 0 Å². The first-order valence-corrected chi connectivity index (χ1v) is 4.28. The summed E-state index contributed by atoms with van der Waals surface area (Å²) in [6.07, 6.45) is 2.88. The van der Waals surface area contributed by atoms with E-state index in [0.717, 1.165) is 0 Å².